The fourth-order valence-corrected chi connectivity index (χ4v) is 1.91. The molecule has 0 radical (unpaired) electrons. The summed E-state index contributed by atoms with van der Waals surface area (Å²) >= 11 is 0. The molecule has 1 aliphatic rings. The highest BCUT2D eigenvalue weighted by molar-refractivity contribution is 4.94. The van der Waals surface area contributed by atoms with Crippen LogP contribution < -0.4 is 0 Å². The van der Waals surface area contributed by atoms with Crippen LogP contribution in [0.2, 0.25) is 0 Å². The van der Waals surface area contributed by atoms with Gasteiger partial charge in [-0.3, -0.25) is 0 Å². The monoisotopic (exact) mass is 169 g/mol. The summed E-state index contributed by atoms with van der Waals surface area (Å²) in [6.07, 6.45) is 3.42. The second-order valence-corrected chi connectivity index (χ2v) is 4.01. The summed E-state index contributed by atoms with van der Waals surface area (Å²) in [5, 5.41) is 10.2. The minimum Gasteiger partial charge on any atom is -0.389 e. The molecule has 0 aliphatic carbocycles. The topological polar surface area (TPSA) is 23.5 Å². The molecule has 0 amide bonds. The van der Waals surface area contributed by atoms with Crippen molar-refractivity contribution in [3.8, 4) is 0 Å². The quantitative estimate of drug-likeness (QED) is 0.629. The van der Waals surface area contributed by atoms with Crippen LogP contribution in [0, 0.1) is 5.92 Å². The SMILES string of the molecule is C=CC[C@]1(O)CCN(C)C[C@@H]1C. The molecule has 0 bridgehead atoms. The molecule has 2 nitrogen and oxygen atoms in total. The molecular formula is C10H19NO. The molecule has 1 heterocycles. The van der Waals surface area contributed by atoms with E-state index in [1.165, 1.54) is 0 Å². The lowest BCUT2D eigenvalue weighted by atomic mass is 9.80. The predicted molar refractivity (Wildman–Crippen MR) is 51.0 cm³/mol. The van der Waals surface area contributed by atoms with Crippen molar-refractivity contribution in [2.24, 2.45) is 5.92 Å². The second-order valence-electron chi connectivity index (χ2n) is 4.01. The molecular weight excluding hydrogens is 150 g/mol. The molecule has 1 N–H and O–H groups in total. The van der Waals surface area contributed by atoms with E-state index in [0.717, 1.165) is 25.9 Å². The lowest BCUT2D eigenvalue weighted by molar-refractivity contribution is -0.0574. The van der Waals surface area contributed by atoms with Crippen molar-refractivity contribution >= 4 is 0 Å². The zero-order valence-corrected chi connectivity index (χ0v) is 8.08. The van der Waals surface area contributed by atoms with Crippen LogP contribution in [0.5, 0.6) is 0 Å². The van der Waals surface area contributed by atoms with Gasteiger partial charge in [0.2, 0.25) is 0 Å². The van der Waals surface area contributed by atoms with Crippen LogP contribution in [-0.2, 0) is 0 Å². The Morgan fingerprint density at radius 2 is 2.42 bits per heavy atom. The number of aliphatic hydroxyl groups is 1. The summed E-state index contributed by atoms with van der Waals surface area (Å²) in [5.41, 5.74) is -0.492. The summed E-state index contributed by atoms with van der Waals surface area (Å²) in [6, 6.07) is 0. The van der Waals surface area contributed by atoms with E-state index in [0.29, 0.717) is 5.92 Å². The first-order valence-corrected chi connectivity index (χ1v) is 4.60. The van der Waals surface area contributed by atoms with Crippen LogP contribution in [0.3, 0.4) is 0 Å². The number of hydrogen-bond donors (Lipinski definition) is 1. The summed E-state index contributed by atoms with van der Waals surface area (Å²) in [6.45, 7) is 7.78. The Bertz CT molecular complexity index is 169. The average Bonchev–Trinajstić information content (AvgIpc) is 1.99. The van der Waals surface area contributed by atoms with Gasteiger partial charge in [-0.25, -0.2) is 0 Å². The van der Waals surface area contributed by atoms with Crippen molar-refractivity contribution in [1.82, 2.24) is 4.90 Å². The van der Waals surface area contributed by atoms with Crippen LogP contribution >= 0.6 is 0 Å². The van der Waals surface area contributed by atoms with E-state index in [9.17, 15) is 5.11 Å². The maximum atomic E-state index is 10.2. The van der Waals surface area contributed by atoms with Crippen LogP contribution in [0.25, 0.3) is 0 Å². The number of piperidine rings is 1. The van der Waals surface area contributed by atoms with Gasteiger partial charge in [0.25, 0.3) is 0 Å². The van der Waals surface area contributed by atoms with Gasteiger partial charge in [-0.05, 0) is 25.8 Å². The van der Waals surface area contributed by atoms with Crippen molar-refractivity contribution in [3.05, 3.63) is 12.7 Å². The van der Waals surface area contributed by atoms with E-state index in [4.69, 9.17) is 0 Å². The third kappa shape index (κ3) is 1.87. The van der Waals surface area contributed by atoms with Gasteiger partial charge in [0.1, 0.15) is 0 Å². The molecule has 1 fully saturated rings. The number of hydrogen-bond acceptors (Lipinski definition) is 2. The number of nitrogens with zero attached hydrogens (tertiary/aromatic N) is 1. The van der Waals surface area contributed by atoms with Crippen molar-refractivity contribution in [3.63, 3.8) is 0 Å². The molecule has 0 aromatic carbocycles. The highest BCUT2D eigenvalue weighted by Gasteiger charge is 2.36. The third-order valence-electron chi connectivity index (χ3n) is 2.93. The number of rotatable bonds is 2. The molecule has 0 aromatic heterocycles. The van der Waals surface area contributed by atoms with Crippen LogP contribution in [0.1, 0.15) is 19.8 Å². The predicted octanol–water partition coefficient (Wildman–Crippen LogP) is 1.27. The molecule has 2 atom stereocenters. The molecule has 1 aliphatic heterocycles. The summed E-state index contributed by atoms with van der Waals surface area (Å²) < 4.78 is 0. The van der Waals surface area contributed by atoms with Gasteiger partial charge in [0, 0.05) is 13.1 Å². The standard InChI is InChI=1S/C10H19NO/c1-4-5-10(12)6-7-11(3)8-9(10)2/h4,9,12H,1,5-8H2,2-3H3/t9-,10-/m0/s1. The Morgan fingerprint density at radius 1 is 1.75 bits per heavy atom. The van der Waals surface area contributed by atoms with E-state index < -0.39 is 5.60 Å². The average molecular weight is 169 g/mol. The summed E-state index contributed by atoms with van der Waals surface area (Å²) in [5.74, 6) is 0.356. The van der Waals surface area contributed by atoms with Gasteiger partial charge in [-0.15, -0.1) is 6.58 Å². The number of likely N-dealkylation sites (tertiary alicyclic amines) is 1. The van der Waals surface area contributed by atoms with Crippen LogP contribution in [0.15, 0.2) is 12.7 Å². The molecule has 0 unspecified atom stereocenters. The third-order valence-corrected chi connectivity index (χ3v) is 2.93. The first kappa shape index (κ1) is 9.75. The zero-order chi connectivity index (χ0) is 9.19. The van der Waals surface area contributed by atoms with Crippen molar-refractivity contribution in [2.75, 3.05) is 20.1 Å². The van der Waals surface area contributed by atoms with Gasteiger partial charge < -0.3 is 10.0 Å². The molecule has 0 saturated carbocycles. The fraction of sp³-hybridized carbons (Fsp3) is 0.800. The van der Waals surface area contributed by atoms with Gasteiger partial charge in [-0.2, -0.15) is 0 Å². The maximum absolute atomic E-state index is 10.2. The molecule has 2 heteroatoms. The van der Waals surface area contributed by atoms with Crippen molar-refractivity contribution in [2.45, 2.75) is 25.4 Å². The first-order chi connectivity index (χ1) is 5.58. The molecule has 1 rings (SSSR count). The van der Waals surface area contributed by atoms with E-state index in [1.807, 2.05) is 6.08 Å². The maximum Gasteiger partial charge on any atom is 0.0731 e. The molecule has 12 heavy (non-hydrogen) atoms. The van der Waals surface area contributed by atoms with E-state index >= 15 is 0 Å². The van der Waals surface area contributed by atoms with E-state index in [-0.39, 0.29) is 0 Å². The second kappa shape index (κ2) is 3.58. The first-order valence-electron chi connectivity index (χ1n) is 4.60. The molecule has 0 aromatic rings. The Balaban J connectivity index is 2.59. The van der Waals surface area contributed by atoms with Gasteiger partial charge in [0.15, 0.2) is 0 Å². The Kier molecular flexibility index (Phi) is 2.91. The minimum atomic E-state index is -0.492. The summed E-state index contributed by atoms with van der Waals surface area (Å²) in [7, 11) is 2.10. The van der Waals surface area contributed by atoms with E-state index in [2.05, 4.69) is 25.5 Å². The smallest absolute Gasteiger partial charge is 0.0731 e. The van der Waals surface area contributed by atoms with E-state index in [1.54, 1.807) is 0 Å². The largest absolute Gasteiger partial charge is 0.389 e. The molecule has 0 spiro atoms. The van der Waals surface area contributed by atoms with Crippen LogP contribution in [0.4, 0.5) is 0 Å². The Morgan fingerprint density at radius 3 is 2.92 bits per heavy atom. The Labute approximate surface area is 74.9 Å². The summed E-state index contributed by atoms with van der Waals surface area (Å²) in [4.78, 5) is 2.27. The fourth-order valence-electron chi connectivity index (χ4n) is 1.91. The van der Waals surface area contributed by atoms with Gasteiger partial charge in [0.05, 0.1) is 5.60 Å². The molecule has 1 saturated heterocycles. The zero-order valence-electron chi connectivity index (χ0n) is 8.08. The lowest BCUT2D eigenvalue weighted by Gasteiger charge is -2.41. The van der Waals surface area contributed by atoms with Gasteiger partial charge in [-0.1, -0.05) is 13.0 Å². The molecule has 70 valence electrons. The van der Waals surface area contributed by atoms with Crippen molar-refractivity contribution in [1.29, 1.82) is 0 Å². The lowest BCUT2D eigenvalue weighted by Crippen LogP contribution is -2.49. The van der Waals surface area contributed by atoms with Crippen molar-refractivity contribution < 1.29 is 5.11 Å². The highest BCUT2D eigenvalue weighted by atomic mass is 16.3. The minimum absolute atomic E-state index is 0.356. The van der Waals surface area contributed by atoms with Gasteiger partial charge >= 0.3 is 0 Å². The normalized spacial score (nSPS) is 38.1. The highest BCUT2D eigenvalue weighted by Crippen LogP contribution is 2.30. The van der Waals surface area contributed by atoms with Crippen LogP contribution in [-0.4, -0.2) is 35.7 Å². The Hall–Kier alpha value is -0.340.